The summed E-state index contributed by atoms with van der Waals surface area (Å²) in [4.78, 5) is 73.5. The summed E-state index contributed by atoms with van der Waals surface area (Å²) in [5, 5.41) is 10.7. The van der Waals surface area contributed by atoms with Gasteiger partial charge in [-0.1, -0.05) is 464 Å². The minimum absolute atomic E-state index is 0.110. The maximum absolute atomic E-state index is 13.2. The van der Waals surface area contributed by atoms with E-state index in [2.05, 4.69) is 27.7 Å². The van der Waals surface area contributed by atoms with Gasteiger partial charge in [-0.15, -0.1) is 0 Å². The van der Waals surface area contributed by atoms with Crippen molar-refractivity contribution < 1.29 is 80.2 Å². The number of aliphatic hydroxyl groups excluding tert-OH is 1. The second-order valence-corrected chi connectivity index (χ2v) is 36.3. The molecule has 0 saturated carbocycles. The minimum atomic E-state index is -4.97. The molecular weight excluding hydrogens is 1450 g/mol. The molecule has 0 amide bonds. The standard InChI is InChI=1S/C93H182O17P2/c1-5-9-13-17-21-25-29-33-36-39-42-43-44-47-50-53-56-60-64-68-72-76-80-93(98)110-89(84-104-91(96)78-74-70-66-62-58-54-51-48-45-40-37-34-30-26-22-18-14-10-6-2)86-108-112(101,102)106-82-87(94)81-105-111(99,100)107-85-88(83-103-90(95)77-73-69-65-61-57-32-28-24-20-16-12-8-4)109-92(97)79-75-71-67-63-59-55-52-49-46-41-38-35-31-27-23-19-15-11-7-3/h87-89,94H,5-86H2,1-4H3,(H,99,100)(H,101,102)/t87-,88+,89+/m0/s1. The first kappa shape index (κ1) is 110. The average Bonchev–Trinajstić information content (AvgIpc) is 0.894. The number of phosphoric acid groups is 2. The molecule has 3 N–H and O–H groups in total. The van der Waals surface area contributed by atoms with Crippen LogP contribution in [0.15, 0.2) is 0 Å². The Morgan fingerprint density at radius 2 is 0.357 bits per heavy atom. The molecule has 0 rings (SSSR count). The first-order chi connectivity index (χ1) is 54.7. The fourth-order valence-electron chi connectivity index (χ4n) is 14.8. The van der Waals surface area contributed by atoms with E-state index in [1.54, 1.807) is 0 Å². The maximum atomic E-state index is 13.2. The molecule has 2 unspecified atom stereocenters. The normalized spacial score (nSPS) is 13.6. The van der Waals surface area contributed by atoms with Crippen LogP contribution in [-0.4, -0.2) is 96.7 Å². The topological polar surface area (TPSA) is 237 Å². The molecule has 17 nitrogen and oxygen atoms in total. The van der Waals surface area contributed by atoms with Crippen LogP contribution in [0, 0.1) is 0 Å². The Morgan fingerprint density at radius 3 is 0.527 bits per heavy atom. The van der Waals surface area contributed by atoms with Crippen LogP contribution in [0.3, 0.4) is 0 Å². The minimum Gasteiger partial charge on any atom is -0.462 e. The van der Waals surface area contributed by atoms with Gasteiger partial charge in [-0.25, -0.2) is 9.13 Å². The number of carbonyl (C=O) groups excluding carboxylic acids is 4. The van der Waals surface area contributed by atoms with Gasteiger partial charge in [-0.05, 0) is 25.7 Å². The van der Waals surface area contributed by atoms with Crippen molar-refractivity contribution in [2.24, 2.45) is 0 Å². The maximum Gasteiger partial charge on any atom is 0.472 e. The van der Waals surface area contributed by atoms with Crippen LogP contribution < -0.4 is 0 Å². The van der Waals surface area contributed by atoms with Crippen LogP contribution in [0.2, 0.25) is 0 Å². The van der Waals surface area contributed by atoms with Gasteiger partial charge in [0.15, 0.2) is 12.2 Å². The van der Waals surface area contributed by atoms with E-state index in [0.29, 0.717) is 25.7 Å². The fourth-order valence-corrected chi connectivity index (χ4v) is 16.3. The summed E-state index contributed by atoms with van der Waals surface area (Å²) < 4.78 is 69.1. The lowest BCUT2D eigenvalue weighted by molar-refractivity contribution is -0.161. The zero-order valence-corrected chi connectivity index (χ0v) is 75.5. The van der Waals surface area contributed by atoms with Gasteiger partial charge in [-0.3, -0.25) is 37.3 Å². The van der Waals surface area contributed by atoms with E-state index in [1.807, 2.05) is 0 Å². The van der Waals surface area contributed by atoms with Gasteiger partial charge in [0.1, 0.15) is 19.3 Å². The average molecular weight is 1630 g/mol. The molecule has 0 aromatic rings. The van der Waals surface area contributed by atoms with Crippen LogP contribution in [0.1, 0.15) is 516 Å². The zero-order chi connectivity index (χ0) is 81.7. The molecule has 0 fully saturated rings. The monoisotopic (exact) mass is 1630 g/mol. The van der Waals surface area contributed by atoms with Gasteiger partial charge in [0.05, 0.1) is 26.4 Å². The molecule has 19 heteroatoms. The molecule has 0 radical (unpaired) electrons. The van der Waals surface area contributed by atoms with Crippen LogP contribution in [-0.2, 0) is 65.4 Å². The van der Waals surface area contributed by atoms with E-state index < -0.39 is 97.5 Å². The second-order valence-electron chi connectivity index (χ2n) is 33.4. The van der Waals surface area contributed by atoms with Gasteiger partial charge in [0.2, 0.25) is 0 Å². The number of rotatable bonds is 94. The molecule has 0 bridgehead atoms. The number of phosphoric ester groups is 2. The number of carbonyl (C=O) groups is 4. The number of ether oxygens (including phenoxy) is 4. The number of hydrogen-bond donors (Lipinski definition) is 3. The summed E-state index contributed by atoms with van der Waals surface area (Å²) in [5.41, 5.74) is 0. The van der Waals surface area contributed by atoms with Crippen LogP contribution in [0.25, 0.3) is 0 Å². The molecule has 0 aromatic carbocycles. The van der Waals surface area contributed by atoms with Crippen molar-refractivity contribution in [1.82, 2.24) is 0 Å². The van der Waals surface area contributed by atoms with Crippen molar-refractivity contribution in [2.45, 2.75) is 534 Å². The molecule has 0 aliphatic carbocycles. The molecule has 0 spiro atoms. The van der Waals surface area contributed by atoms with Gasteiger partial charge >= 0.3 is 39.5 Å². The molecule has 5 atom stereocenters. The fraction of sp³-hybridized carbons (Fsp3) is 0.957. The lowest BCUT2D eigenvalue weighted by atomic mass is 10.0. The van der Waals surface area contributed by atoms with Crippen LogP contribution in [0.4, 0.5) is 0 Å². The van der Waals surface area contributed by atoms with Gasteiger partial charge < -0.3 is 33.8 Å². The lowest BCUT2D eigenvalue weighted by Gasteiger charge is -2.21. The van der Waals surface area contributed by atoms with Crippen molar-refractivity contribution in [2.75, 3.05) is 39.6 Å². The largest absolute Gasteiger partial charge is 0.472 e. The lowest BCUT2D eigenvalue weighted by Crippen LogP contribution is -2.30. The Kier molecular flexibility index (Phi) is 85.4. The predicted octanol–water partition coefficient (Wildman–Crippen LogP) is 29.3. The predicted molar refractivity (Wildman–Crippen MR) is 465 cm³/mol. The van der Waals surface area contributed by atoms with Crippen molar-refractivity contribution in [3.8, 4) is 0 Å². The third kappa shape index (κ3) is 85.9. The highest BCUT2D eigenvalue weighted by molar-refractivity contribution is 7.47. The molecule has 112 heavy (non-hydrogen) atoms. The third-order valence-electron chi connectivity index (χ3n) is 22.1. The molecule has 666 valence electrons. The number of hydrogen-bond acceptors (Lipinski definition) is 15. The Labute approximate surface area is 689 Å². The van der Waals surface area contributed by atoms with E-state index in [4.69, 9.17) is 37.0 Å². The van der Waals surface area contributed by atoms with Crippen molar-refractivity contribution in [3.05, 3.63) is 0 Å². The molecule has 0 saturated heterocycles. The highest BCUT2D eigenvalue weighted by Crippen LogP contribution is 2.45. The molecule has 0 heterocycles. The summed E-state index contributed by atoms with van der Waals surface area (Å²) >= 11 is 0. The molecule has 0 aliphatic heterocycles. The highest BCUT2D eigenvalue weighted by atomic mass is 31.2. The zero-order valence-electron chi connectivity index (χ0n) is 73.7. The Hall–Kier alpha value is -1.94. The Balaban J connectivity index is 5.23. The second kappa shape index (κ2) is 86.9. The highest BCUT2D eigenvalue weighted by Gasteiger charge is 2.31. The van der Waals surface area contributed by atoms with Crippen LogP contribution >= 0.6 is 15.6 Å². The van der Waals surface area contributed by atoms with Gasteiger partial charge in [0, 0.05) is 25.7 Å². The van der Waals surface area contributed by atoms with Gasteiger partial charge in [0.25, 0.3) is 0 Å². The molecule has 0 aliphatic rings. The summed E-state index contributed by atoms with van der Waals surface area (Å²) in [5.74, 6) is -2.09. The first-order valence-electron chi connectivity index (χ1n) is 48.3. The van der Waals surface area contributed by atoms with Crippen molar-refractivity contribution >= 4 is 39.5 Å². The SMILES string of the molecule is CCCCCCCCCCCCCCCCCCCCCCCCC(=O)O[C@H](COC(=O)CCCCCCCCCCCCCCCCCCCCC)COP(=O)(O)OC[C@@H](O)COP(=O)(O)OC[C@@H](COC(=O)CCCCCCCCCCCCCC)OC(=O)CCCCCCCCCCCCCCCCCCCCC. The summed E-state index contributed by atoms with van der Waals surface area (Å²) in [6.07, 6.45) is 84.9. The third-order valence-corrected chi connectivity index (χ3v) is 24.0. The summed E-state index contributed by atoms with van der Waals surface area (Å²) in [6.45, 7) is 5.10. The van der Waals surface area contributed by atoms with E-state index >= 15 is 0 Å². The molecular formula is C93H182O17P2. The van der Waals surface area contributed by atoms with Crippen molar-refractivity contribution in [1.29, 1.82) is 0 Å². The van der Waals surface area contributed by atoms with Crippen LogP contribution in [0.5, 0.6) is 0 Å². The van der Waals surface area contributed by atoms with E-state index in [9.17, 15) is 43.2 Å². The Morgan fingerprint density at radius 1 is 0.214 bits per heavy atom. The Bertz CT molecular complexity index is 2100. The van der Waals surface area contributed by atoms with E-state index in [1.165, 1.54) is 347 Å². The number of unbranched alkanes of at least 4 members (excludes halogenated alkanes) is 68. The first-order valence-corrected chi connectivity index (χ1v) is 51.3. The number of esters is 4. The van der Waals surface area contributed by atoms with Gasteiger partial charge in [-0.2, -0.15) is 0 Å². The van der Waals surface area contributed by atoms with Crippen molar-refractivity contribution in [3.63, 3.8) is 0 Å². The quantitative estimate of drug-likeness (QED) is 0.0222. The van der Waals surface area contributed by atoms with E-state index in [-0.39, 0.29) is 25.7 Å². The smallest absolute Gasteiger partial charge is 0.462 e. The molecule has 0 aromatic heterocycles. The van der Waals surface area contributed by atoms with E-state index in [0.717, 1.165) is 89.9 Å². The number of aliphatic hydroxyl groups is 1. The summed E-state index contributed by atoms with van der Waals surface area (Å²) in [6, 6.07) is 0. The summed E-state index contributed by atoms with van der Waals surface area (Å²) in [7, 11) is -9.94.